The number of hydrogen-bond donors (Lipinski definition) is 1. The molecule has 0 aliphatic rings. The number of methoxy groups -OCH3 is 1. The number of aromatic nitrogens is 1. The van der Waals surface area contributed by atoms with Crippen molar-refractivity contribution in [3.63, 3.8) is 0 Å². The van der Waals surface area contributed by atoms with Gasteiger partial charge in [-0.3, -0.25) is 4.79 Å². The van der Waals surface area contributed by atoms with Crippen molar-refractivity contribution in [1.82, 2.24) is 9.88 Å². The molecule has 1 amide bonds. The number of halogens is 1. The third-order valence-electron chi connectivity index (χ3n) is 4.12. The molecule has 1 N–H and O–H groups in total. The molecule has 0 bridgehead atoms. The molecule has 0 spiro atoms. The van der Waals surface area contributed by atoms with Crippen LogP contribution in [-0.2, 0) is 11.2 Å². The van der Waals surface area contributed by atoms with Crippen molar-refractivity contribution in [2.75, 3.05) is 27.3 Å². The Balaban J connectivity index is 2.06. The van der Waals surface area contributed by atoms with Crippen molar-refractivity contribution in [2.24, 2.45) is 0 Å². The van der Waals surface area contributed by atoms with Crippen molar-refractivity contribution < 1.29 is 19.1 Å². The summed E-state index contributed by atoms with van der Waals surface area (Å²) >= 11 is 5.92. The fourth-order valence-corrected chi connectivity index (χ4v) is 2.85. The van der Waals surface area contributed by atoms with E-state index in [1.54, 1.807) is 43.1 Å². The van der Waals surface area contributed by atoms with Crippen LogP contribution in [0.25, 0.3) is 0 Å². The van der Waals surface area contributed by atoms with Crippen LogP contribution in [0.2, 0.25) is 5.02 Å². The summed E-state index contributed by atoms with van der Waals surface area (Å²) in [6.07, 6.45) is 0.597. The summed E-state index contributed by atoms with van der Waals surface area (Å²) < 4.78 is 10.4. The third-order valence-corrected chi connectivity index (χ3v) is 4.36. The molecule has 26 heavy (non-hydrogen) atoms. The van der Waals surface area contributed by atoms with Crippen molar-refractivity contribution in [3.8, 4) is 5.75 Å². The number of nitrogens with one attached hydrogen (secondary N) is 1. The fourth-order valence-electron chi connectivity index (χ4n) is 2.67. The summed E-state index contributed by atoms with van der Waals surface area (Å²) in [6.45, 7) is 4.37. The second-order valence-electron chi connectivity index (χ2n) is 5.86. The van der Waals surface area contributed by atoms with E-state index in [1.165, 1.54) is 7.11 Å². The van der Waals surface area contributed by atoms with Gasteiger partial charge in [0.2, 0.25) is 0 Å². The van der Waals surface area contributed by atoms with Crippen molar-refractivity contribution in [3.05, 3.63) is 51.8 Å². The van der Waals surface area contributed by atoms with E-state index in [4.69, 9.17) is 21.1 Å². The van der Waals surface area contributed by atoms with Crippen LogP contribution in [0.15, 0.2) is 24.3 Å². The van der Waals surface area contributed by atoms with Gasteiger partial charge in [-0.05, 0) is 37.1 Å². The summed E-state index contributed by atoms with van der Waals surface area (Å²) in [4.78, 5) is 29.3. The van der Waals surface area contributed by atoms with Gasteiger partial charge < -0.3 is 19.4 Å². The highest BCUT2D eigenvalue weighted by atomic mass is 35.5. The number of carbonyl (C=O) groups is 2. The minimum atomic E-state index is -0.443. The minimum Gasteiger partial charge on any atom is -0.492 e. The van der Waals surface area contributed by atoms with E-state index in [9.17, 15) is 9.59 Å². The number of ether oxygens (including phenoxy) is 2. The number of carbonyl (C=O) groups excluding carboxylic acids is 2. The Labute approximate surface area is 158 Å². The zero-order chi connectivity index (χ0) is 19.3. The first-order valence-corrected chi connectivity index (χ1v) is 8.70. The van der Waals surface area contributed by atoms with Crippen LogP contribution in [0.3, 0.4) is 0 Å². The lowest BCUT2D eigenvalue weighted by Crippen LogP contribution is -2.31. The summed E-state index contributed by atoms with van der Waals surface area (Å²) in [6, 6.07) is 7.09. The monoisotopic (exact) mass is 378 g/mol. The van der Waals surface area contributed by atoms with E-state index in [1.807, 2.05) is 6.92 Å². The average molecular weight is 379 g/mol. The Morgan fingerprint density at radius 1 is 1.31 bits per heavy atom. The average Bonchev–Trinajstić information content (AvgIpc) is 2.96. The molecule has 0 unspecified atom stereocenters. The molecule has 0 atom stereocenters. The van der Waals surface area contributed by atoms with E-state index < -0.39 is 5.97 Å². The maximum absolute atomic E-state index is 12.7. The van der Waals surface area contributed by atoms with Crippen LogP contribution in [0.4, 0.5) is 0 Å². The van der Waals surface area contributed by atoms with Crippen LogP contribution >= 0.6 is 11.6 Å². The quantitative estimate of drug-likeness (QED) is 0.749. The first kappa shape index (κ1) is 19.8. The highest BCUT2D eigenvalue weighted by Gasteiger charge is 2.25. The van der Waals surface area contributed by atoms with Gasteiger partial charge in [0.1, 0.15) is 18.1 Å². The number of H-pyrrole nitrogens is 1. The number of amides is 1. The topological polar surface area (TPSA) is 71.6 Å². The van der Waals surface area contributed by atoms with E-state index in [0.717, 1.165) is 0 Å². The molecule has 2 rings (SSSR count). The van der Waals surface area contributed by atoms with Gasteiger partial charge in [0, 0.05) is 17.8 Å². The van der Waals surface area contributed by atoms with Gasteiger partial charge >= 0.3 is 5.97 Å². The second kappa shape index (κ2) is 8.76. The normalized spacial score (nSPS) is 10.5. The van der Waals surface area contributed by atoms with E-state index in [0.29, 0.717) is 52.9 Å². The van der Waals surface area contributed by atoms with Crippen LogP contribution in [0, 0.1) is 6.92 Å². The first-order chi connectivity index (χ1) is 12.4. The molecule has 0 radical (unpaired) electrons. The second-order valence-corrected chi connectivity index (χ2v) is 6.29. The molecular formula is C19H23ClN2O4. The lowest BCUT2D eigenvalue weighted by atomic mass is 10.1. The third kappa shape index (κ3) is 4.38. The predicted octanol–water partition coefficient (Wildman–Crippen LogP) is 3.48. The molecule has 0 aliphatic carbocycles. The minimum absolute atomic E-state index is 0.206. The number of esters is 1. The van der Waals surface area contributed by atoms with E-state index >= 15 is 0 Å². The number of likely N-dealkylation sites (N-methyl/N-ethyl adjacent to an activating group) is 1. The van der Waals surface area contributed by atoms with Gasteiger partial charge in [0.05, 0.1) is 19.2 Å². The molecule has 7 heteroatoms. The molecule has 1 heterocycles. The molecule has 0 saturated heterocycles. The lowest BCUT2D eigenvalue weighted by Gasteiger charge is -2.17. The molecule has 0 fully saturated rings. The largest absolute Gasteiger partial charge is 0.492 e. The SMILES string of the molecule is CCc1[nH]c(C(=O)N(C)CCOc2cccc(Cl)c2)c(C)c1C(=O)OC. The zero-order valence-electron chi connectivity index (χ0n) is 15.4. The van der Waals surface area contributed by atoms with Crippen molar-refractivity contribution in [2.45, 2.75) is 20.3 Å². The molecule has 0 aliphatic heterocycles. The fraction of sp³-hybridized carbons (Fsp3) is 0.368. The maximum Gasteiger partial charge on any atom is 0.339 e. The first-order valence-electron chi connectivity index (χ1n) is 8.32. The molecular weight excluding hydrogens is 356 g/mol. The predicted molar refractivity (Wildman–Crippen MR) is 100 cm³/mol. The molecule has 1 aromatic carbocycles. The summed E-state index contributed by atoms with van der Waals surface area (Å²) in [5.74, 6) is -0.000658. The van der Waals surface area contributed by atoms with Crippen LogP contribution in [-0.4, -0.2) is 49.1 Å². The number of rotatable bonds is 7. The van der Waals surface area contributed by atoms with Gasteiger partial charge in [0.15, 0.2) is 0 Å². The molecule has 140 valence electrons. The number of aromatic amines is 1. The lowest BCUT2D eigenvalue weighted by molar-refractivity contribution is 0.0599. The van der Waals surface area contributed by atoms with Crippen LogP contribution in [0.5, 0.6) is 5.75 Å². The van der Waals surface area contributed by atoms with Crippen molar-refractivity contribution in [1.29, 1.82) is 0 Å². The van der Waals surface area contributed by atoms with Gasteiger partial charge in [-0.15, -0.1) is 0 Å². The van der Waals surface area contributed by atoms with Gasteiger partial charge in [-0.1, -0.05) is 24.6 Å². The molecule has 0 saturated carbocycles. The van der Waals surface area contributed by atoms with Crippen molar-refractivity contribution >= 4 is 23.5 Å². The summed E-state index contributed by atoms with van der Waals surface area (Å²) in [5, 5.41) is 0.594. The van der Waals surface area contributed by atoms with E-state index in [-0.39, 0.29) is 5.91 Å². The number of benzene rings is 1. The Morgan fingerprint density at radius 2 is 2.04 bits per heavy atom. The Bertz CT molecular complexity index is 801. The van der Waals surface area contributed by atoms with Crippen LogP contribution in [0.1, 0.15) is 39.0 Å². The Morgan fingerprint density at radius 3 is 2.65 bits per heavy atom. The summed E-state index contributed by atoms with van der Waals surface area (Å²) in [5.41, 5.74) is 2.12. The maximum atomic E-state index is 12.7. The smallest absolute Gasteiger partial charge is 0.339 e. The summed E-state index contributed by atoms with van der Waals surface area (Å²) in [7, 11) is 3.02. The number of nitrogens with zero attached hydrogens (tertiary/aromatic N) is 1. The standard InChI is InChI=1S/C19H23ClN2O4/c1-5-15-16(19(24)25-4)12(2)17(21-15)18(23)22(3)9-10-26-14-8-6-7-13(20)11-14/h6-8,11,21H,5,9-10H2,1-4H3. The Hall–Kier alpha value is -2.47. The highest BCUT2D eigenvalue weighted by Crippen LogP contribution is 2.21. The number of aryl methyl sites for hydroxylation is 1. The molecule has 2 aromatic rings. The van der Waals surface area contributed by atoms with Crippen LogP contribution < -0.4 is 4.74 Å². The highest BCUT2D eigenvalue weighted by molar-refractivity contribution is 6.30. The Kier molecular flexibility index (Phi) is 6.69. The van der Waals surface area contributed by atoms with Gasteiger partial charge in [-0.25, -0.2) is 4.79 Å². The van der Waals surface area contributed by atoms with E-state index in [2.05, 4.69) is 4.98 Å². The number of hydrogen-bond acceptors (Lipinski definition) is 4. The zero-order valence-corrected chi connectivity index (χ0v) is 16.1. The van der Waals surface area contributed by atoms with Gasteiger partial charge in [0.25, 0.3) is 5.91 Å². The molecule has 1 aromatic heterocycles. The van der Waals surface area contributed by atoms with Gasteiger partial charge in [-0.2, -0.15) is 0 Å². The molecule has 6 nitrogen and oxygen atoms in total.